The Hall–Kier alpha value is -2.56. The van der Waals surface area contributed by atoms with Crippen LogP contribution >= 0.6 is 0 Å². The van der Waals surface area contributed by atoms with Crippen molar-refractivity contribution in [3.63, 3.8) is 0 Å². The molecule has 0 atom stereocenters. The molecule has 1 N–H and O–H groups in total. The van der Waals surface area contributed by atoms with Gasteiger partial charge in [-0.2, -0.15) is 0 Å². The lowest BCUT2D eigenvalue weighted by molar-refractivity contribution is -0.128. The zero-order valence-electron chi connectivity index (χ0n) is 11.6. The van der Waals surface area contributed by atoms with Crippen LogP contribution in [0.2, 0.25) is 0 Å². The van der Waals surface area contributed by atoms with E-state index in [2.05, 4.69) is 4.98 Å². The minimum atomic E-state index is -0.0271. The molecule has 0 unspecified atom stereocenters. The van der Waals surface area contributed by atoms with Crippen molar-refractivity contribution in [2.75, 3.05) is 7.11 Å². The van der Waals surface area contributed by atoms with Crippen LogP contribution in [0.4, 0.5) is 0 Å². The number of nitrogens with one attached hydrogen (secondary N) is 1. The van der Waals surface area contributed by atoms with Crippen molar-refractivity contribution in [3.05, 3.63) is 45.8 Å². The van der Waals surface area contributed by atoms with Gasteiger partial charge in [-0.25, -0.2) is 0 Å². The van der Waals surface area contributed by atoms with Crippen LogP contribution in [0.3, 0.4) is 0 Å². The summed E-state index contributed by atoms with van der Waals surface area (Å²) >= 11 is 0. The topological polar surface area (TPSA) is 62.4 Å². The van der Waals surface area contributed by atoms with Crippen LogP contribution in [0.5, 0.6) is 5.75 Å². The van der Waals surface area contributed by atoms with E-state index >= 15 is 0 Å². The van der Waals surface area contributed by atoms with Crippen LogP contribution in [-0.2, 0) is 11.3 Å². The summed E-state index contributed by atoms with van der Waals surface area (Å²) in [5, 5.41) is 0.598. The van der Waals surface area contributed by atoms with E-state index in [1.54, 1.807) is 18.1 Å². The Morgan fingerprint density at radius 3 is 2.95 bits per heavy atom. The lowest BCUT2D eigenvalue weighted by atomic mass is 10.1. The molecule has 21 heavy (non-hydrogen) atoms. The molecule has 0 radical (unpaired) electrons. The number of hydrogen-bond donors (Lipinski definition) is 1. The largest absolute Gasteiger partial charge is 0.497 e. The fraction of sp³-hybridized carbons (Fsp3) is 0.250. The summed E-state index contributed by atoms with van der Waals surface area (Å²) in [7, 11) is 1.58. The van der Waals surface area contributed by atoms with Crippen molar-refractivity contribution >= 4 is 22.5 Å². The van der Waals surface area contributed by atoms with Crippen molar-refractivity contribution < 1.29 is 9.53 Å². The van der Waals surface area contributed by atoms with Gasteiger partial charge < -0.3 is 14.6 Å². The number of pyridine rings is 1. The van der Waals surface area contributed by atoms with Crippen LogP contribution in [0.15, 0.2) is 29.1 Å². The van der Waals surface area contributed by atoms with Crippen molar-refractivity contribution in [1.29, 1.82) is 0 Å². The molecule has 1 aromatic carbocycles. The average Bonchev–Trinajstić information content (AvgIpc) is 2.88. The molecule has 0 aliphatic carbocycles. The van der Waals surface area contributed by atoms with E-state index in [0.29, 0.717) is 29.7 Å². The molecule has 5 heteroatoms. The number of H-pyrrole nitrogens is 1. The number of aromatic nitrogens is 1. The fourth-order valence-corrected chi connectivity index (χ4v) is 3.08. The first-order valence-corrected chi connectivity index (χ1v) is 6.93. The number of carbonyl (C=O) groups is 1. The smallest absolute Gasteiger partial charge is 0.227 e. The molecule has 0 bridgehead atoms. The molecule has 0 fully saturated rings. The highest BCUT2D eigenvalue weighted by atomic mass is 16.5. The van der Waals surface area contributed by atoms with Gasteiger partial charge in [0.15, 0.2) is 5.43 Å². The summed E-state index contributed by atoms with van der Waals surface area (Å²) in [6.45, 7) is 0.364. The maximum absolute atomic E-state index is 12.7. The number of amides is 1. The number of ether oxygens (including phenoxy) is 1. The van der Waals surface area contributed by atoms with Gasteiger partial charge in [0, 0.05) is 17.4 Å². The first kappa shape index (κ1) is 12.2. The Labute approximate surface area is 120 Å². The molecule has 0 saturated heterocycles. The molecule has 2 aliphatic rings. The fourth-order valence-electron chi connectivity index (χ4n) is 3.08. The van der Waals surface area contributed by atoms with Crippen molar-refractivity contribution in [2.24, 2.45) is 0 Å². The molecular weight excluding hydrogens is 268 g/mol. The van der Waals surface area contributed by atoms with Gasteiger partial charge in [-0.3, -0.25) is 9.59 Å². The standard InChI is InChI=1S/C16H14N2O3/c1-21-9-5-6-12-10(7-9)16(20)11-8-18-13(15(11)17-12)3-2-4-14(18)19/h3,5-7H,2,4,8H2,1H3,(H,17,20). The zero-order chi connectivity index (χ0) is 14.6. The normalized spacial score (nSPS) is 16.7. The Kier molecular flexibility index (Phi) is 2.45. The van der Waals surface area contributed by atoms with Crippen LogP contribution in [-0.4, -0.2) is 22.9 Å². The third-order valence-electron chi connectivity index (χ3n) is 4.17. The minimum absolute atomic E-state index is 0.0271. The molecular formula is C16H14N2O3. The minimum Gasteiger partial charge on any atom is -0.497 e. The summed E-state index contributed by atoms with van der Waals surface area (Å²) in [6.07, 6.45) is 3.27. The number of methoxy groups -OCH3 is 1. The molecule has 106 valence electrons. The van der Waals surface area contributed by atoms with Gasteiger partial charge in [0.25, 0.3) is 0 Å². The van der Waals surface area contributed by atoms with Crippen molar-refractivity contribution in [1.82, 2.24) is 9.88 Å². The third kappa shape index (κ3) is 1.63. The Bertz CT molecular complexity index is 864. The lowest BCUT2D eigenvalue weighted by Gasteiger charge is -2.21. The van der Waals surface area contributed by atoms with E-state index in [1.807, 2.05) is 18.2 Å². The maximum Gasteiger partial charge on any atom is 0.227 e. The zero-order valence-corrected chi connectivity index (χ0v) is 11.6. The lowest BCUT2D eigenvalue weighted by Crippen LogP contribution is -2.27. The SMILES string of the molecule is COc1ccc2[nH]c3c(c(=O)c2c1)CN1C(=O)CCC=C31. The Morgan fingerprint density at radius 2 is 2.14 bits per heavy atom. The summed E-state index contributed by atoms with van der Waals surface area (Å²) in [4.78, 5) is 29.7. The molecule has 1 amide bonds. The molecule has 3 heterocycles. The van der Waals surface area contributed by atoms with Crippen LogP contribution in [0, 0.1) is 0 Å². The van der Waals surface area contributed by atoms with E-state index in [-0.39, 0.29) is 11.3 Å². The van der Waals surface area contributed by atoms with E-state index < -0.39 is 0 Å². The van der Waals surface area contributed by atoms with E-state index in [0.717, 1.165) is 23.3 Å². The number of carbonyl (C=O) groups excluding carboxylic acids is 1. The van der Waals surface area contributed by atoms with Gasteiger partial charge in [-0.05, 0) is 24.6 Å². The summed E-state index contributed by atoms with van der Waals surface area (Å²) in [5.41, 5.74) is 3.03. The first-order valence-electron chi connectivity index (χ1n) is 6.93. The second kappa shape index (κ2) is 4.22. The molecule has 1 aromatic heterocycles. The highest BCUT2D eigenvalue weighted by Crippen LogP contribution is 2.34. The highest BCUT2D eigenvalue weighted by Gasteiger charge is 2.33. The number of allylic oxidation sites excluding steroid dienone is 1. The van der Waals surface area contributed by atoms with Gasteiger partial charge >= 0.3 is 0 Å². The molecule has 0 saturated carbocycles. The summed E-state index contributed by atoms with van der Waals surface area (Å²) in [5.74, 6) is 0.733. The molecule has 2 aliphatic heterocycles. The predicted molar refractivity (Wildman–Crippen MR) is 78.9 cm³/mol. The van der Waals surface area contributed by atoms with Gasteiger partial charge in [-0.15, -0.1) is 0 Å². The van der Waals surface area contributed by atoms with Crippen molar-refractivity contribution in [3.8, 4) is 5.75 Å². The predicted octanol–water partition coefficient (Wildman–Crippen LogP) is 2.01. The Morgan fingerprint density at radius 1 is 1.29 bits per heavy atom. The number of hydrogen-bond acceptors (Lipinski definition) is 3. The van der Waals surface area contributed by atoms with Crippen LogP contribution in [0.1, 0.15) is 24.1 Å². The third-order valence-corrected chi connectivity index (χ3v) is 4.17. The number of nitrogens with zero attached hydrogens (tertiary/aromatic N) is 1. The number of aromatic amines is 1. The molecule has 4 rings (SSSR count). The summed E-state index contributed by atoms with van der Waals surface area (Å²) < 4.78 is 5.18. The maximum atomic E-state index is 12.7. The number of rotatable bonds is 1. The van der Waals surface area contributed by atoms with E-state index in [9.17, 15) is 9.59 Å². The number of fused-ring (bicyclic) bond motifs is 4. The van der Waals surface area contributed by atoms with E-state index in [4.69, 9.17) is 4.74 Å². The first-order chi connectivity index (χ1) is 10.2. The average molecular weight is 282 g/mol. The van der Waals surface area contributed by atoms with Gasteiger partial charge in [0.2, 0.25) is 5.91 Å². The molecule has 2 aromatic rings. The van der Waals surface area contributed by atoms with Gasteiger partial charge in [0.1, 0.15) is 5.75 Å². The quantitative estimate of drug-likeness (QED) is 0.870. The molecule has 5 nitrogen and oxygen atoms in total. The van der Waals surface area contributed by atoms with E-state index in [1.165, 1.54) is 0 Å². The Balaban J connectivity index is 2.00. The van der Waals surface area contributed by atoms with Gasteiger partial charge in [0.05, 0.1) is 30.6 Å². The number of benzene rings is 1. The second-order valence-corrected chi connectivity index (χ2v) is 5.33. The molecule has 0 spiro atoms. The van der Waals surface area contributed by atoms with Crippen LogP contribution in [0.25, 0.3) is 16.6 Å². The van der Waals surface area contributed by atoms with Crippen molar-refractivity contribution in [2.45, 2.75) is 19.4 Å². The monoisotopic (exact) mass is 282 g/mol. The summed E-state index contributed by atoms with van der Waals surface area (Å²) in [6, 6.07) is 5.39. The second-order valence-electron chi connectivity index (χ2n) is 5.33. The van der Waals surface area contributed by atoms with Gasteiger partial charge in [-0.1, -0.05) is 6.08 Å². The highest BCUT2D eigenvalue weighted by molar-refractivity contribution is 5.93. The van der Waals surface area contributed by atoms with Crippen LogP contribution < -0.4 is 10.2 Å².